The summed E-state index contributed by atoms with van der Waals surface area (Å²) >= 11 is 0. The molecule has 2 rings (SSSR count). The number of pyridine rings is 1. The first-order valence-electron chi connectivity index (χ1n) is 5.73. The predicted octanol–water partition coefficient (Wildman–Crippen LogP) is 2.55. The number of halogens is 1. The molecular formula is C14H13FN2O2. The second kappa shape index (κ2) is 5.95. The van der Waals surface area contributed by atoms with E-state index in [0.717, 1.165) is 5.56 Å². The van der Waals surface area contributed by atoms with Crippen LogP contribution >= 0.6 is 0 Å². The van der Waals surface area contributed by atoms with Gasteiger partial charge >= 0.3 is 0 Å². The summed E-state index contributed by atoms with van der Waals surface area (Å²) in [5, 5.41) is 2.65. The first-order chi connectivity index (χ1) is 9.13. The topological polar surface area (TPSA) is 51.2 Å². The number of rotatable bonds is 4. The molecule has 5 heteroatoms. The zero-order chi connectivity index (χ0) is 13.7. The minimum Gasteiger partial charge on any atom is -0.484 e. The lowest BCUT2D eigenvalue weighted by Gasteiger charge is -2.07. The molecule has 1 heterocycles. The maximum Gasteiger partial charge on any atom is 0.262 e. The van der Waals surface area contributed by atoms with Crippen molar-refractivity contribution in [2.24, 2.45) is 0 Å². The highest BCUT2D eigenvalue weighted by Crippen LogP contribution is 2.12. The Morgan fingerprint density at radius 2 is 2.21 bits per heavy atom. The molecule has 4 nitrogen and oxygen atoms in total. The van der Waals surface area contributed by atoms with Crippen LogP contribution in [-0.2, 0) is 4.79 Å². The third-order valence-electron chi connectivity index (χ3n) is 2.32. The van der Waals surface area contributed by atoms with Gasteiger partial charge in [0.25, 0.3) is 5.91 Å². The molecular weight excluding hydrogens is 247 g/mol. The van der Waals surface area contributed by atoms with E-state index in [9.17, 15) is 9.18 Å². The van der Waals surface area contributed by atoms with Gasteiger partial charge in [-0.15, -0.1) is 0 Å². The minimum absolute atomic E-state index is 0.183. The standard InChI is InChI=1S/C14H13FN2O2/c1-10-5-12(8-16-7-10)17-14(18)9-19-13-4-2-3-11(15)6-13/h2-8H,9H2,1H3,(H,17,18). The summed E-state index contributed by atoms with van der Waals surface area (Å²) in [6, 6.07) is 7.44. The fraction of sp³-hybridized carbons (Fsp3) is 0.143. The molecule has 0 spiro atoms. The molecule has 0 fully saturated rings. The van der Waals surface area contributed by atoms with E-state index >= 15 is 0 Å². The van der Waals surface area contributed by atoms with Gasteiger partial charge in [0.1, 0.15) is 11.6 Å². The maximum absolute atomic E-state index is 12.9. The van der Waals surface area contributed by atoms with Gasteiger partial charge < -0.3 is 10.1 Å². The summed E-state index contributed by atoms with van der Waals surface area (Å²) < 4.78 is 18.1. The number of hydrogen-bond acceptors (Lipinski definition) is 3. The van der Waals surface area contributed by atoms with E-state index in [2.05, 4.69) is 10.3 Å². The van der Waals surface area contributed by atoms with Crippen LogP contribution < -0.4 is 10.1 Å². The van der Waals surface area contributed by atoms with Gasteiger partial charge in [-0.2, -0.15) is 0 Å². The molecule has 19 heavy (non-hydrogen) atoms. The van der Waals surface area contributed by atoms with Crippen molar-refractivity contribution in [2.45, 2.75) is 6.92 Å². The number of benzene rings is 1. The van der Waals surface area contributed by atoms with Crippen molar-refractivity contribution in [1.82, 2.24) is 4.98 Å². The number of hydrogen-bond donors (Lipinski definition) is 1. The van der Waals surface area contributed by atoms with Crippen molar-refractivity contribution < 1.29 is 13.9 Å². The molecule has 0 unspecified atom stereocenters. The third kappa shape index (κ3) is 4.06. The molecule has 0 aliphatic heterocycles. The summed E-state index contributed by atoms with van der Waals surface area (Å²) in [7, 11) is 0. The fourth-order valence-electron chi connectivity index (χ4n) is 1.53. The Bertz CT molecular complexity index is 587. The molecule has 0 saturated carbocycles. The van der Waals surface area contributed by atoms with Crippen LogP contribution in [0.15, 0.2) is 42.7 Å². The summed E-state index contributed by atoms with van der Waals surface area (Å²) in [4.78, 5) is 15.6. The van der Waals surface area contributed by atoms with E-state index in [1.807, 2.05) is 6.92 Å². The maximum atomic E-state index is 12.9. The van der Waals surface area contributed by atoms with Gasteiger partial charge in [0.15, 0.2) is 6.61 Å². The van der Waals surface area contributed by atoms with Crippen LogP contribution in [0.5, 0.6) is 5.75 Å². The molecule has 1 N–H and O–H groups in total. The SMILES string of the molecule is Cc1cncc(NC(=O)COc2cccc(F)c2)c1. The van der Waals surface area contributed by atoms with E-state index in [-0.39, 0.29) is 12.5 Å². The molecule has 0 aliphatic carbocycles. The molecule has 2 aromatic rings. The number of carbonyl (C=O) groups excluding carboxylic acids is 1. The van der Waals surface area contributed by atoms with Crippen molar-refractivity contribution in [2.75, 3.05) is 11.9 Å². The smallest absolute Gasteiger partial charge is 0.262 e. The van der Waals surface area contributed by atoms with E-state index in [4.69, 9.17) is 4.74 Å². The van der Waals surface area contributed by atoms with Gasteiger partial charge in [-0.3, -0.25) is 9.78 Å². The van der Waals surface area contributed by atoms with Crippen molar-refractivity contribution in [3.63, 3.8) is 0 Å². The summed E-state index contributed by atoms with van der Waals surface area (Å²) in [6.45, 7) is 1.70. The zero-order valence-electron chi connectivity index (χ0n) is 10.4. The number of amides is 1. The molecule has 1 amide bonds. The monoisotopic (exact) mass is 260 g/mol. The first-order valence-corrected chi connectivity index (χ1v) is 5.73. The van der Waals surface area contributed by atoms with Crippen LogP contribution in [0.3, 0.4) is 0 Å². The lowest BCUT2D eigenvalue weighted by atomic mass is 10.3. The van der Waals surface area contributed by atoms with Crippen LogP contribution in [0.4, 0.5) is 10.1 Å². The first kappa shape index (κ1) is 13.0. The van der Waals surface area contributed by atoms with Crippen LogP contribution in [0.1, 0.15) is 5.56 Å². The molecule has 0 bridgehead atoms. The number of nitrogens with zero attached hydrogens (tertiary/aromatic N) is 1. The lowest BCUT2D eigenvalue weighted by molar-refractivity contribution is -0.118. The number of aromatic nitrogens is 1. The number of ether oxygens (including phenoxy) is 1. The van der Waals surface area contributed by atoms with E-state index in [1.54, 1.807) is 24.5 Å². The second-order valence-electron chi connectivity index (χ2n) is 4.05. The Kier molecular flexibility index (Phi) is 4.07. The van der Waals surface area contributed by atoms with Gasteiger partial charge in [-0.1, -0.05) is 6.07 Å². The quantitative estimate of drug-likeness (QED) is 0.919. The molecule has 0 saturated heterocycles. The highest BCUT2D eigenvalue weighted by molar-refractivity contribution is 5.91. The molecule has 98 valence electrons. The van der Waals surface area contributed by atoms with Crippen LogP contribution in [-0.4, -0.2) is 17.5 Å². The Labute approximate surface area is 110 Å². The summed E-state index contributed by atoms with van der Waals surface area (Å²) in [5.74, 6) is -0.407. The van der Waals surface area contributed by atoms with Crippen molar-refractivity contribution in [1.29, 1.82) is 0 Å². The molecule has 0 radical (unpaired) electrons. The zero-order valence-corrected chi connectivity index (χ0v) is 10.4. The molecule has 1 aromatic heterocycles. The van der Waals surface area contributed by atoms with Crippen LogP contribution in [0.2, 0.25) is 0 Å². The number of nitrogens with one attached hydrogen (secondary N) is 1. The molecule has 0 aliphatic rings. The average Bonchev–Trinajstić information content (AvgIpc) is 2.36. The number of anilines is 1. The van der Waals surface area contributed by atoms with Gasteiger partial charge in [0, 0.05) is 12.3 Å². The Balaban J connectivity index is 1.88. The van der Waals surface area contributed by atoms with Crippen molar-refractivity contribution >= 4 is 11.6 Å². The Morgan fingerprint density at radius 1 is 1.37 bits per heavy atom. The van der Waals surface area contributed by atoms with Crippen molar-refractivity contribution in [3.8, 4) is 5.75 Å². The predicted molar refractivity (Wildman–Crippen MR) is 69.5 cm³/mol. The van der Waals surface area contributed by atoms with Gasteiger partial charge in [-0.05, 0) is 30.7 Å². The minimum atomic E-state index is -0.402. The number of aryl methyl sites for hydroxylation is 1. The summed E-state index contributed by atoms with van der Waals surface area (Å²) in [5.41, 5.74) is 1.55. The molecule has 1 aromatic carbocycles. The number of carbonyl (C=O) groups is 1. The fourth-order valence-corrected chi connectivity index (χ4v) is 1.53. The largest absolute Gasteiger partial charge is 0.484 e. The van der Waals surface area contributed by atoms with Crippen LogP contribution in [0.25, 0.3) is 0 Å². The van der Waals surface area contributed by atoms with E-state index in [1.165, 1.54) is 18.2 Å². The third-order valence-corrected chi connectivity index (χ3v) is 2.32. The molecule has 0 atom stereocenters. The highest BCUT2D eigenvalue weighted by Gasteiger charge is 2.04. The normalized spacial score (nSPS) is 10.0. The van der Waals surface area contributed by atoms with Gasteiger partial charge in [-0.25, -0.2) is 4.39 Å². The van der Waals surface area contributed by atoms with Gasteiger partial charge in [0.05, 0.1) is 11.9 Å². The van der Waals surface area contributed by atoms with E-state index < -0.39 is 5.82 Å². The van der Waals surface area contributed by atoms with Crippen LogP contribution in [0, 0.1) is 12.7 Å². The average molecular weight is 260 g/mol. The van der Waals surface area contributed by atoms with E-state index in [0.29, 0.717) is 11.4 Å². The van der Waals surface area contributed by atoms with Gasteiger partial charge in [0.2, 0.25) is 0 Å². The Hall–Kier alpha value is -2.43. The Morgan fingerprint density at radius 3 is 2.95 bits per heavy atom. The second-order valence-corrected chi connectivity index (χ2v) is 4.05. The highest BCUT2D eigenvalue weighted by atomic mass is 19.1. The lowest BCUT2D eigenvalue weighted by Crippen LogP contribution is -2.20. The van der Waals surface area contributed by atoms with Crippen molar-refractivity contribution in [3.05, 3.63) is 54.1 Å². The summed E-state index contributed by atoms with van der Waals surface area (Å²) in [6.07, 6.45) is 3.24.